The van der Waals surface area contributed by atoms with E-state index in [2.05, 4.69) is 10.0 Å². The second kappa shape index (κ2) is 6.82. The van der Waals surface area contributed by atoms with Gasteiger partial charge in [0.1, 0.15) is 17.0 Å². The summed E-state index contributed by atoms with van der Waals surface area (Å²) in [6.07, 6.45) is 0.971. The van der Waals surface area contributed by atoms with E-state index < -0.39 is 11.5 Å². The number of amides is 2. The first-order valence-corrected chi connectivity index (χ1v) is 10.2. The molecule has 2 aromatic carbocycles. The minimum atomic E-state index is -0.891. The minimum absolute atomic E-state index is 0.150. The van der Waals surface area contributed by atoms with Gasteiger partial charge in [0, 0.05) is 13.1 Å². The van der Waals surface area contributed by atoms with Crippen LogP contribution in [-0.2, 0) is 9.59 Å². The van der Waals surface area contributed by atoms with Gasteiger partial charge in [-0.1, -0.05) is 12.1 Å². The molecule has 0 aromatic heterocycles. The van der Waals surface area contributed by atoms with Crippen molar-refractivity contribution in [3.8, 4) is 11.5 Å². The highest BCUT2D eigenvalue weighted by atomic mass is 16.5. The number of nitrogens with zero attached hydrogens (tertiary/aromatic N) is 3. The topological polar surface area (TPSA) is 62.3 Å². The number of hydrogen-bond acceptors (Lipinski definition) is 6. The van der Waals surface area contributed by atoms with E-state index in [0.717, 1.165) is 30.8 Å². The predicted molar refractivity (Wildman–Crippen MR) is 111 cm³/mol. The van der Waals surface area contributed by atoms with Crippen LogP contribution in [0.15, 0.2) is 48.5 Å². The van der Waals surface area contributed by atoms with Gasteiger partial charge in [-0.25, -0.2) is 14.9 Å². The summed E-state index contributed by atoms with van der Waals surface area (Å²) in [5.74, 6) is 0.673. The Hall–Kier alpha value is -2.90. The molecule has 0 N–H and O–H groups in total. The first-order chi connectivity index (χ1) is 14.5. The Morgan fingerprint density at radius 3 is 2.10 bits per heavy atom. The van der Waals surface area contributed by atoms with Crippen molar-refractivity contribution in [3.05, 3.63) is 54.1 Å². The lowest BCUT2D eigenvalue weighted by molar-refractivity contribution is -0.131. The molecule has 0 bridgehead atoms. The van der Waals surface area contributed by atoms with Crippen LogP contribution in [0.1, 0.15) is 24.9 Å². The van der Waals surface area contributed by atoms with Gasteiger partial charge < -0.3 is 9.47 Å². The van der Waals surface area contributed by atoms with E-state index in [1.165, 1.54) is 4.90 Å². The molecule has 2 amide bonds. The quantitative estimate of drug-likeness (QED) is 0.726. The normalized spacial score (nSPS) is 28.7. The van der Waals surface area contributed by atoms with Gasteiger partial charge in [-0.2, -0.15) is 0 Å². The molecule has 2 aromatic rings. The highest BCUT2D eigenvalue weighted by Crippen LogP contribution is 2.54. The Bertz CT molecular complexity index is 991. The molecule has 3 saturated heterocycles. The van der Waals surface area contributed by atoms with E-state index in [0.29, 0.717) is 11.4 Å². The summed E-state index contributed by atoms with van der Waals surface area (Å²) in [5, 5.41) is 4.34. The number of carbonyl (C=O) groups is 2. The van der Waals surface area contributed by atoms with Crippen LogP contribution in [0.25, 0.3) is 0 Å². The molecule has 3 fully saturated rings. The van der Waals surface area contributed by atoms with E-state index >= 15 is 0 Å². The Balaban J connectivity index is 1.58. The lowest BCUT2D eigenvalue weighted by atomic mass is 9.81. The van der Waals surface area contributed by atoms with Crippen LogP contribution in [0.5, 0.6) is 11.5 Å². The zero-order valence-corrected chi connectivity index (χ0v) is 17.4. The largest absolute Gasteiger partial charge is 0.497 e. The van der Waals surface area contributed by atoms with E-state index in [1.54, 1.807) is 38.5 Å². The van der Waals surface area contributed by atoms with Gasteiger partial charge in [0.15, 0.2) is 0 Å². The average Bonchev–Trinajstić information content (AvgIpc) is 3.40. The zero-order chi connectivity index (χ0) is 21.0. The molecule has 7 nitrogen and oxygen atoms in total. The summed E-state index contributed by atoms with van der Waals surface area (Å²) in [6, 6.07) is 14.7. The Morgan fingerprint density at radius 1 is 0.900 bits per heavy atom. The average molecular weight is 407 g/mol. The number of anilines is 1. The smallest absolute Gasteiger partial charge is 0.256 e. The highest BCUT2D eigenvalue weighted by molar-refractivity contribution is 6.26. The third-order valence-electron chi connectivity index (χ3n) is 6.76. The third-order valence-corrected chi connectivity index (χ3v) is 6.76. The van der Waals surface area contributed by atoms with Crippen LogP contribution in [0.3, 0.4) is 0 Å². The molecule has 5 rings (SSSR count). The van der Waals surface area contributed by atoms with E-state index in [4.69, 9.17) is 9.47 Å². The molecule has 3 heterocycles. The van der Waals surface area contributed by atoms with Crippen LogP contribution in [0.2, 0.25) is 0 Å². The maximum atomic E-state index is 13.7. The number of carbonyl (C=O) groups excluding carboxylic acids is 2. The molecular weight excluding hydrogens is 382 g/mol. The van der Waals surface area contributed by atoms with Crippen LogP contribution in [0, 0.1) is 5.92 Å². The Morgan fingerprint density at radius 2 is 1.50 bits per heavy atom. The summed E-state index contributed by atoms with van der Waals surface area (Å²) in [4.78, 5) is 28.7. The van der Waals surface area contributed by atoms with Gasteiger partial charge in [0.25, 0.3) is 5.91 Å². The summed E-state index contributed by atoms with van der Waals surface area (Å²) in [5.41, 5.74) is 0.716. The van der Waals surface area contributed by atoms with Crippen LogP contribution in [-0.4, -0.2) is 54.7 Å². The number of fused-ring (bicyclic) bond motifs is 3. The van der Waals surface area contributed by atoms with Crippen molar-refractivity contribution in [2.75, 3.05) is 32.2 Å². The fourth-order valence-electron chi connectivity index (χ4n) is 5.29. The number of benzene rings is 2. The maximum Gasteiger partial charge on any atom is 0.256 e. The number of hydrogen-bond donors (Lipinski definition) is 0. The summed E-state index contributed by atoms with van der Waals surface area (Å²) < 4.78 is 10.5. The lowest BCUT2D eigenvalue weighted by Gasteiger charge is -2.33. The van der Waals surface area contributed by atoms with Crippen molar-refractivity contribution >= 4 is 17.5 Å². The standard InChI is InChI=1S/C23H25N3O4/c1-23-19(21(27)26(22(23)28)16-7-11-18(30-3)12-8-16)20(24-13-4-14-25(23)24)15-5-9-17(29-2)10-6-15/h5-12,19-20H,4,13-14H2,1-3H3/t19-,20-,23-/m1/s1. The number of imide groups is 1. The first-order valence-electron chi connectivity index (χ1n) is 10.2. The molecule has 3 atom stereocenters. The van der Waals surface area contributed by atoms with Gasteiger partial charge in [0.2, 0.25) is 5.91 Å². The lowest BCUT2D eigenvalue weighted by Crippen LogP contribution is -2.52. The maximum absolute atomic E-state index is 13.7. The molecule has 0 spiro atoms. The molecule has 0 aliphatic carbocycles. The molecule has 0 saturated carbocycles. The van der Waals surface area contributed by atoms with E-state index in [1.807, 2.05) is 31.2 Å². The fourth-order valence-corrected chi connectivity index (χ4v) is 5.29. The SMILES string of the molecule is COc1ccc([C@@H]2[C@@H]3C(=O)N(c4ccc(OC)cc4)C(=O)[C@]3(C)N3CCCN23)cc1. The van der Waals surface area contributed by atoms with Gasteiger partial charge >= 0.3 is 0 Å². The second-order valence-electron chi connectivity index (χ2n) is 8.16. The predicted octanol–water partition coefficient (Wildman–Crippen LogP) is 2.63. The molecule has 3 aliphatic rings. The molecule has 0 unspecified atom stereocenters. The van der Waals surface area contributed by atoms with Crippen molar-refractivity contribution in [1.29, 1.82) is 0 Å². The zero-order valence-electron chi connectivity index (χ0n) is 17.4. The number of hydrazine groups is 1. The first kappa shape index (κ1) is 19.1. The van der Waals surface area contributed by atoms with Crippen molar-refractivity contribution in [1.82, 2.24) is 10.0 Å². The minimum Gasteiger partial charge on any atom is -0.497 e. The van der Waals surface area contributed by atoms with Gasteiger partial charge in [-0.05, 0) is 55.3 Å². The third kappa shape index (κ3) is 2.45. The van der Waals surface area contributed by atoms with E-state index in [9.17, 15) is 9.59 Å². The number of ether oxygens (including phenoxy) is 2. The highest BCUT2D eigenvalue weighted by Gasteiger charge is 2.70. The van der Waals surface area contributed by atoms with Crippen molar-refractivity contribution < 1.29 is 19.1 Å². The van der Waals surface area contributed by atoms with Crippen LogP contribution in [0.4, 0.5) is 5.69 Å². The number of methoxy groups -OCH3 is 2. The summed E-state index contributed by atoms with van der Waals surface area (Å²) in [6.45, 7) is 3.53. The van der Waals surface area contributed by atoms with Crippen molar-refractivity contribution in [3.63, 3.8) is 0 Å². The molecule has 3 aliphatic heterocycles. The molecule has 0 radical (unpaired) electrons. The Kier molecular flexibility index (Phi) is 4.34. The van der Waals surface area contributed by atoms with Gasteiger partial charge in [-0.3, -0.25) is 9.59 Å². The fraction of sp³-hybridized carbons (Fsp3) is 0.391. The summed E-state index contributed by atoms with van der Waals surface area (Å²) in [7, 11) is 3.23. The monoisotopic (exact) mass is 407 g/mol. The van der Waals surface area contributed by atoms with Gasteiger partial charge in [0.05, 0.1) is 31.9 Å². The second-order valence-corrected chi connectivity index (χ2v) is 8.16. The van der Waals surface area contributed by atoms with Gasteiger partial charge in [-0.15, -0.1) is 0 Å². The number of rotatable bonds is 4. The summed E-state index contributed by atoms with van der Waals surface area (Å²) >= 11 is 0. The van der Waals surface area contributed by atoms with Crippen LogP contribution < -0.4 is 14.4 Å². The van der Waals surface area contributed by atoms with Crippen molar-refractivity contribution in [2.24, 2.45) is 5.92 Å². The molecule has 7 heteroatoms. The van der Waals surface area contributed by atoms with Crippen LogP contribution >= 0.6 is 0 Å². The van der Waals surface area contributed by atoms with Crippen molar-refractivity contribution in [2.45, 2.75) is 24.9 Å². The molecule has 30 heavy (non-hydrogen) atoms. The molecular formula is C23H25N3O4. The Labute approximate surface area is 175 Å². The van der Waals surface area contributed by atoms with E-state index in [-0.39, 0.29) is 17.9 Å². The molecule has 156 valence electrons.